The van der Waals surface area contributed by atoms with Crippen LogP contribution in [0.1, 0.15) is 40.5 Å². The smallest absolute Gasteiger partial charge is 0.409 e. The first-order valence-electron chi connectivity index (χ1n) is 8.00. The number of nitrogens with one attached hydrogen (secondary N) is 2. The molecule has 2 amide bonds. The standard InChI is InChI=1S/C15H29N5O3.HI/c1-5-23-14(22)20-8-6-11(7-9-20)18-13(16)17-10-12(21)19-15(2,3)4;/h11H,5-10H2,1-4H3,(H,19,21)(H3,16,17,18);1H. The second-order valence-electron chi connectivity index (χ2n) is 6.60. The Hall–Kier alpha value is -1.26. The zero-order valence-electron chi connectivity index (χ0n) is 14.9. The average molecular weight is 455 g/mol. The van der Waals surface area contributed by atoms with Gasteiger partial charge in [0.1, 0.15) is 6.54 Å². The van der Waals surface area contributed by atoms with E-state index < -0.39 is 0 Å². The van der Waals surface area contributed by atoms with Crippen molar-refractivity contribution in [2.45, 2.75) is 52.1 Å². The average Bonchev–Trinajstić information content (AvgIpc) is 2.44. The van der Waals surface area contributed by atoms with Crippen molar-refractivity contribution >= 4 is 41.9 Å². The number of amides is 2. The Balaban J connectivity index is 0.00000529. The van der Waals surface area contributed by atoms with Crippen molar-refractivity contribution in [3.8, 4) is 0 Å². The van der Waals surface area contributed by atoms with Crippen LogP contribution in [0.3, 0.4) is 0 Å². The molecule has 1 saturated heterocycles. The van der Waals surface area contributed by atoms with Gasteiger partial charge in [-0.2, -0.15) is 0 Å². The molecule has 9 heteroatoms. The highest BCUT2D eigenvalue weighted by molar-refractivity contribution is 14.0. The molecule has 140 valence electrons. The maximum absolute atomic E-state index is 11.7. The molecule has 0 aliphatic carbocycles. The Kier molecular flexibility index (Phi) is 10.0. The van der Waals surface area contributed by atoms with Crippen molar-refractivity contribution in [1.29, 1.82) is 0 Å². The third-order valence-corrected chi connectivity index (χ3v) is 3.28. The van der Waals surface area contributed by atoms with E-state index in [2.05, 4.69) is 15.6 Å². The van der Waals surface area contributed by atoms with Gasteiger partial charge in [-0.1, -0.05) is 0 Å². The summed E-state index contributed by atoms with van der Waals surface area (Å²) in [4.78, 5) is 29.0. The summed E-state index contributed by atoms with van der Waals surface area (Å²) in [5.74, 6) is 0.0861. The lowest BCUT2D eigenvalue weighted by Gasteiger charge is -2.31. The number of nitrogens with zero attached hydrogens (tertiary/aromatic N) is 2. The van der Waals surface area contributed by atoms with Crippen LogP contribution in [-0.4, -0.2) is 60.7 Å². The summed E-state index contributed by atoms with van der Waals surface area (Å²) < 4.78 is 4.98. The van der Waals surface area contributed by atoms with Gasteiger partial charge in [-0.15, -0.1) is 24.0 Å². The molecule has 1 rings (SSSR count). The number of hydrogen-bond donors (Lipinski definition) is 3. The van der Waals surface area contributed by atoms with Crippen LogP contribution in [0.4, 0.5) is 4.79 Å². The summed E-state index contributed by atoms with van der Waals surface area (Å²) in [6.07, 6.45) is 1.26. The number of likely N-dealkylation sites (tertiary alicyclic amines) is 1. The molecule has 0 spiro atoms. The number of aliphatic imine (C=N–C) groups is 1. The van der Waals surface area contributed by atoms with Crippen LogP contribution in [0.15, 0.2) is 4.99 Å². The third-order valence-electron chi connectivity index (χ3n) is 3.28. The summed E-state index contributed by atoms with van der Waals surface area (Å²) in [7, 11) is 0. The van der Waals surface area contributed by atoms with E-state index in [1.165, 1.54) is 0 Å². The quantitative estimate of drug-likeness (QED) is 0.334. The van der Waals surface area contributed by atoms with Crippen LogP contribution in [0.25, 0.3) is 0 Å². The molecule has 8 nitrogen and oxygen atoms in total. The summed E-state index contributed by atoms with van der Waals surface area (Å²) in [5.41, 5.74) is 5.53. The van der Waals surface area contributed by atoms with E-state index in [1.54, 1.807) is 11.8 Å². The van der Waals surface area contributed by atoms with Crippen LogP contribution < -0.4 is 16.4 Å². The van der Waals surface area contributed by atoms with Crippen molar-refractivity contribution in [1.82, 2.24) is 15.5 Å². The number of nitrogens with two attached hydrogens (primary N) is 1. The first-order valence-corrected chi connectivity index (χ1v) is 8.00. The van der Waals surface area contributed by atoms with Gasteiger partial charge in [0, 0.05) is 24.7 Å². The second-order valence-corrected chi connectivity index (χ2v) is 6.60. The summed E-state index contributed by atoms with van der Waals surface area (Å²) in [5, 5.41) is 5.92. The number of piperidine rings is 1. The number of ether oxygens (including phenoxy) is 1. The fourth-order valence-corrected chi connectivity index (χ4v) is 2.29. The van der Waals surface area contributed by atoms with Crippen molar-refractivity contribution < 1.29 is 14.3 Å². The highest BCUT2D eigenvalue weighted by atomic mass is 127. The molecule has 1 aliphatic heterocycles. The molecule has 0 aromatic carbocycles. The normalized spacial score (nSPS) is 16.2. The SMILES string of the molecule is CCOC(=O)N1CCC(NC(N)=NCC(=O)NC(C)(C)C)CC1.I. The lowest BCUT2D eigenvalue weighted by molar-refractivity contribution is -0.121. The van der Waals surface area contributed by atoms with Crippen LogP contribution in [0.5, 0.6) is 0 Å². The molecule has 0 unspecified atom stereocenters. The van der Waals surface area contributed by atoms with Gasteiger partial charge in [-0.05, 0) is 40.5 Å². The molecule has 4 N–H and O–H groups in total. The van der Waals surface area contributed by atoms with E-state index in [1.807, 2.05) is 20.8 Å². The minimum absolute atomic E-state index is 0. The van der Waals surface area contributed by atoms with Gasteiger partial charge in [-0.25, -0.2) is 9.79 Å². The topological polar surface area (TPSA) is 109 Å². The fourth-order valence-electron chi connectivity index (χ4n) is 2.29. The molecule has 1 heterocycles. The minimum Gasteiger partial charge on any atom is -0.450 e. The van der Waals surface area contributed by atoms with E-state index in [-0.39, 0.29) is 60.1 Å². The van der Waals surface area contributed by atoms with Crippen LogP contribution in [0, 0.1) is 0 Å². The number of hydrogen-bond acceptors (Lipinski definition) is 4. The summed E-state index contributed by atoms with van der Waals surface area (Å²) >= 11 is 0. The number of halogens is 1. The van der Waals surface area contributed by atoms with Crippen LogP contribution >= 0.6 is 24.0 Å². The van der Waals surface area contributed by atoms with Crippen molar-refractivity contribution in [2.75, 3.05) is 26.2 Å². The van der Waals surface area contributed by atoms with Gasteiger partial charge in [0.2, 0.25) is 5.91 Å². The Bertz CT molecular complexity index is 443. The zero-order valence-corrected chi connectivity index (χ0v) is 17.3. The van der Waals surface area contributed by atoms with Gasteiger partial charge in [0.25, 0.3) is 0 Å². The van der Waals surface area contributed by atoms with E-state index in [4.69, 9.17) is 10.5 Å². The maximum Gasteiger partial charge on any atom is 0.409 e. The van der Waals surface area contributed by atoms with E-state index in [9.17, 15) is 9.59 Å². The highest BCUT2D eigenvalue weighted by Crippen LogP contribution is 2.11. The van der Waals surface area contributed by atoms with Crippen molar-refractivity contribution in [3.05, 3.63) is 0 Å². The Labute approximate surface area is 161 Å². The van der Waals surface area contributed by atoms with E-state index in [0.29, 0.717) is 19.7 Å². The van der Waals surface area contributed by atoms with Crippen LogP contribution in [0.2, 0.25) is 0 Å². The van der Waals surface area contributed by atoms with Gasteiger partial charge < -0.3 is 26.0 Å². The Morgan fingerprint density at radius 3 is 2.38 bits per heavy atom. The molecule has 24 heavy (non-hydrogen) atoms. The summed E-state index contributed by atoms with van der Waals surface area (Å²) in [6.45, 7) is 9.14. The molecule has 0 radical (unpaired) electrons. The van der Waals surface area contributed by atoms with Gasteiger partial charge in [0.15, 0.2) is 5.96 Å². The monoisotopic (exact) mass is 455 g/mol. The number of carbonyl (C=O) groups excluding carboxylic acids is 2. The molecular formula is C15H30IN5O3. The van der Waals surface area contributed by atoms with Crippen LogP contribution in [-0.2, 0) is 9.53 Å². The second kappa shape index (κ2) is 10.6. The van der Waals surface area contributed by atoms with E-state index in [0.717, 1.165) is 12.8 Å². The number of guanidine groups is 1. The molecule has 1 fully saturated rings. The molecule has 0 bridgehead atoms. The minimum atomic E-state index is -0.283. The molecule has 0 atom stereocenters. The van der Waals surface area contributed by atoms with Gasteiger partial charge in [-0.3, -0.25) is 4.79 Å². The predicted octanol–water partition coefficient (Wildman–Crippen LogP) is 1.04. The van der Waals surface area contributed by atoms with Gasteiger partial charge >= 0.3 is 6.09 Å². The lowest BCUT2D eigenvalue weighted by atomic mass is 10.1. The molecular weight excluding hydrogens is 425 g/mol. The third kappa shape index (κ3) is 9.14. The molecule has 0 aromatic rings. The lowest BCUT2D eigenvalue weighted by Crippen LogP contribution is -2.49. The van der Waals surface area contributed by atoms with Gasteiger partial charge in [0.05, 0.1) is 6.61 Å². The molecule has 0 saturated carbocycles. The number of carbonyl (C=O) groups is 2. The van der Waals surface area contributed by atoms with E-state index >= 15 is 0 Å². The Morgan fingerprint density at radius 2 is 1.88 bits per heavy atom. The van der Waals surface area contributed by atoms with Crippen molar-refractivity contribution in [2.24, 2.45) is 10.7 Å². The first-order chi connectivity index (χ1) is 10.7. The van der Waals surface area contributed by atoms with Crippen molar-refractivity contribution in [3.63, 3.8) is 0 Å². The predicted molar refractivity (Wildman–Crippen MR) is 105 cm³/mol. The summed E-state index contributed by atoms with van der Waals surface area (Å²) in [6, 6.07) is 0.148. The molecule has 0 aromatic heterocycles. The Morgan fingerprint density at radius 1 is 1.29 bits per heavy atom. The largest absolute Gasteiger partial charge is 0.450 e. The molecule has 1 aliphatic rings. The zero-order chi connectivity index (χ0) is 17.5. The first kappa shape index (κ1) is 22.7. The maximum atomic E-state index is 11.7. The highest BCUT2D eigenvalue weighted by Gasteiger charge is 2.23. The number of rotatable bonds is 4. The fraction of sp³-hybridized carbons (Fsp3) is 0.800.